The summed E-state index contributed by atoms with van der Waals surface area (Å²) >= 11 is 0. The van der Waals surface area contributed by atoms with Crippen LogP contribution in [0.3, 0.4) is 0 Å². The van der Waals surface area contributed by atoms with E-state index in [0.717, 1.165) is 25.8 Å². The lowest BCUT2D eigenvalue weighted by Crippen LogP contribution is -2.31. The molecule has 0 aromatic heterocycles. The fourth-order valence-electron chi connectivity index (χ4n) is 3.23. The number of hydrogen-bond acceptors (Lipinski definition) is 2. The van der Waals surface area contributed by atoms with Gasteiger partial charge in [0.2, 0.25) is 0 Å². The Hall–Kier alpha value is -2.18. The molecule has 0 spiro atoms. The molecule has 22 heavy (non-hydrogen) atoms. The van der Waals surface area contributed by atoms with Crippen molar-refractivity contribution in [1.29, 1.82) is 5.26 Å². The van der Waals surface area contributed by atoms with Gasteiger partial charge in [0.25, 0.3) is 0 Å². The third-order valence-corrected chi connectivity index (χ3v) is 4.39. The van der Waals surface area contributed by atoms with E-state index < -0.39 is 0 Å². The Kier molecular flexibility index (Phi) is 4.50. The smallest absolute Gasteiger partial charge is 0.145 e. The summed E-state index contributed by atoms with van der Waals surface area (Å²) in [6.07, 6.45) is 3.30. The number of likely N-dealkylation sites (tertiary alicyclic amines) is 1. The maximum Gasteiger partial charge on any atom is 0.145 e. The van der Waals surface area contributed by atoms with Crippen LogP contribution in [0.25, 0.3) is 0 Å². The average molecular weight is 294 g/mol. The first-order valence-electron chi connectivity index (χ1n) is 7.73. The lowest BCUT2D eigenvalue weighted by Gasteiger charge is -2.25. The first kappa shape index (κ1) is 14.7. The highest BCUT2D eigenvalue weighted by Crippen LogP contribution is 2.24. The normalized spacial score (nSPS) is 18.3. The van der Waals surface area contributed by atoms with E-state index in [-0.39, 0.29) is 11.4 Å². The molecule has 0 saturated carbocycles. The third kappa shape index (κ3) is 3.18. The fraction of sp³-hybridized carbons (Fsp3) is 0.316. The fourth-order valence-corrected chi connectivity index (χ4v) is 3.23. The van der Waals surface area contributed by atoms with Crippen molar-refractivity contribution in [2.45, 2.75) is 31.8 Å². The van der Waals surface area contributed by atoms with Crippen molar-refractivity contribution in [3.63, 3.8) is 0 Å². The van der Waals surface area contributed by atoms with Gasteiger partial charge in [-0.15, -0.1) is 0 Å². The van der Waals surface area contributed by atoms with Crippen LogP contribution >= 0.6 is 0 Å². The SMILES string of the molecule is N#Cc1cccc(CN2CCCC2Cc2ccccc2)c1F. The highest BCUT2D eigenvalue weighted by Gasteiger charge is 2.25. The lowest BCUT2D eigenvalue weighted by atomic mass is 10.0. The van der Waals surface area contributed by atoms with Crippen molar-refractivity contribution in [2.24, 2.45) is 0 Å². The largest absolute Gasteiger partial charge is 0.296 e. The predicted molar refractivity (Wildman–Crippen MR) is 84.7 cm³/mol. The molecule has 1 saturated heterocycles. The van der Waals surface area contributed by atoms with E-state index in [1.54, 1.807) is 12.1 Å². The highest BCUT2D eigenvalue weighted by atomic mass is 19.1. The molecule has 2 aromatic carbocycles. The number of nitrogens with zero attached hydrogens (tertiary/aromatic N) is 2. The second kappa shape index (κ2) is 6.72. The molecule has 1 aliphatic heterocycles. The molecule has 1 atom stereocenters. The van der Waals surface area contributed by atoms with Crippen LogP contribution in [0.5, 0.6) is 0 Å². The second-order valence-corrected chi connectivity index (χ2v) is 5.85. The molecular weight excluding hydrogens is 275 g/mol. The monoisotopic (exact) mass is 294 g/mol. The Balaban J connectivity index is 1.73. The number of benzene rings is 2. The van der Waals surface area contributed by atoms with Crippen molar-refractivity contribution in [3.8, 4) is 6.07 Å². The first-order chi connectivity index (χ1) is 10.8. The molecule has 0 N–H and O–H groups in total. The first-order valence-corrected chi connectivity index (χ1v) is 7.73. The molecule has 1 unspecified atom stereocenters. The van der Waals surface area contributed by atoms with Crippen LogP contribution in [0.2, 0.25) is 0 Å². The van der Waals surface area contributed by atoms with Crippen molar-refractivity contribution < 1.29 is 4.39 Å². The van der Waals surface area contributed by atoms with Gasteiger partial charge in [-0.1, -0.05) is 42.5 Å². The molecule has 0 aliphatic carbocycles. The van der Waals surface area contributed by atoms with Crippen LogP contribution in [-0.2, 0) is 13.0 Å². The minimum absolute atomic E-state index is 0.135. The van der Waals surface area contributed by atoms with Crippen molar-refractivity contribution in [3.05, 3.63) is 71.0 Å². The van der Waals surface area contributed by atoms with E-state index in [9.17, 15) is 4.39 Å². The van der Waals surface area contributed by atoms with E-state index in [2.05, 4.69) is 29.2 Å². The summed E-state index contributed by atoms with van der Waals surface area (Å²) in [5.41, 5.74) is 2.08. The Morgan fingerprint density at radius 3 is 2.73 bits per heavy atom. The molecule has 112 valence electrons. The summed E-state index contributed by atoms with van der Waals surface area (Å²) in [5.74, 6) is -0.365. The zero-order valence-electron chi connectivity index (χ0n) is 12.5. The van der Waals surface area contributed by atoms with Gasteiger partial charge >= 0.3 is 0 Å². The van der Waals surface area contributed by atoms with Crippen molar-refractivity contribution in [2.75, 3.05) is 6.54 Å². The minimum atomic E-state index is -0.365. The van der Waals surface area contributed by atoms with E-state index in [4.69, 9.17) is 5.26 Å². The zero-order valence-corrected chi connectivity index (χ0v) is 12.5. The summed E-state index contributed by atoms with van der Waals surface area (Å²) in [4.78, 5) is 2.34. The summed E-state index contributed by atoms with van der Waals surface area (Å²) < 4.78 is 14.2. The molecule has 1 aliphatic rings. The van der Waals surface area contributed by atoms with E-state index in [0.29, 0.717) is 18.2 Å². The van der Waals surface area contributed by atoms with E-state index in [1.807, 2.05) is 12.1 Å². The van der Waals surface area contributed by atoms with Crippen LogP contribution in [0.15, 0.2) is 48.5 Å². The topological polar surface area (TPSA) is 27.0 Å². The molecule has 0 bridgehead atoms. The van der Waals surface area contributed by atoms with E-state index in [1.165, 1.54) is 11.6 Å². The maximum atomic E-state index is 14.2. The predicted octanol–water partition coefficient (Wildman–Crippen LogP) is 3.90. The Labute approximate surface area is 130 Å². The Morgan fingerprint density at radius 1 is 1.14 bits per heavy atom. The van der Waals surface area contributed by atoms with Gasteiger partial charge in [-0.2, -0.15) is 5.26 Å². The summed E-state index contributed by atoms with van der Waals surface area (Å²) in [7, 11) is 0. The van der Waals surface area contributed by atoms with Crippen LogP contribution in [0, 0.1) is 17.1 Å². The quantitative estimate of drug-likeness (QED) is 0.855. The van der Waals surface area contributed by atoms with Gasteiger partial charge in [-0.25, -0.2) is 4.39 Å². The summed E-state index contributed by atoms with van der Waals surface area (Å²) in [6.45, 7) is 1.58. The molecule has 0 radical (unpaired) electrons. The van der Waals surface area contributed by atoms with Gasteiger partial charge < -0.3 is 0 Å². The minimum Gasteiger partial charge on any atom is -0.296 e. The Morgan fingerprint density at radius 2 is 1.95 bits per heavy atom. The summed E-state index contributed by atoms with van der Waals surface area (Å²) in [5, 5.41) is 8.95. The average Bonchev–Trinajstić information content (AvgIpc) is 2.97. The second-order valence-electron chi connectivity index (χ2n) is 5.85. The maximum absolute atomic E-state index is 14.2. The molecular formula is C19H19FN2. The van der Waals surface area contributed by atoms with Crippen LogP contribution in [0.4, 0.5) is 4.39 Å². The molecule has 1 heterocycles. The molecule has 3 rings (SSSR count). The Bertz CT molecular complexity index is 676. The lowest BCUT2D eigenvalue weighted by molar-refractivity contribution is 0.240. The molecule has 2 nitrogen and oxygen atoms in total. The summed E-state index contributed by atoms with van der Waals surface area (Å²) in [6, 6.07) is 17.9. The van der Waals surface area contributed by atoms with Gasteiger partial charge in [0, 0.05) is 18.2 Å². The molecule has 3 heteroatoms. The van der Waals surface area contributed by atoms with Gasteiger partial charge in [0.05, 0.1) is 5.56 Å². The third-order valence-electron chi connectivity index (χ3n) is 4.39. The standard InChI is InChI=1S/C19H19FN2/c20-19-16(13-21)8-4-9-17(19)14-22-11-5-10-18(22)12-15-6-2-1-3-7-15/h1-4,6-9,18H,5,10-12,14H2. The number of hydrogen-bond donors (Lipinski definition) is 0. The number of halogens is 1. The van der Waals surface area contributed by atoms with Crippen molar-refractivity contribution >= 4 is 0 Å². The molecule has 1 fully saturated rings. The van der Waals surface area contributed by atoms with Crippen LogP contribution in [-0.4, -0.2) is 17.5 Å². The van der Waals surface area contributed by atoms with E-state index >= 15 is 0 Å². The zero-order chi connectivity index (χ0) is 15.4. The molecule has 0 amide bonds. The van der Waals surface area contributed by atoms with Gasteiger partial charge in [0.15, 0.2) is 0 Å². The van der Waals surface area contributed by atoms with Gasteiger partial charge in [-0.3, -0.25) is 4.90 Å². The van der Waals surface area contributed by atoms with Crippen LogP contribution in [0.1, 0.15) is 29.5 Å². The van der Waals surface area contributed by atoms with Crippen molar-refractivity contribution in [1.82, 2.24) is 4.90 Å². The van der Waals surface area contributed by atoms with Gasteiger partial charge in [-0.05, 0) is 37.4 Å². The number of nitriles is 1. The van der Waals surface area contributed by atoms with Crippen LogP contribution < -0.4 is 0 Å². The number of rotatable bonds is 4. The highest BCUT2D eigenvalue weighted by molar-refractivity contribution is 5.35. The molecule has 2 aromatic rings. The van der Waals surface area contributed by atoms with Gasteiger partial charge in [0.1, 0.15) is 11.9 Å².